The maximum absolute atomic E-state index is 12.8. The lowest BCUT2D eigenvalue weighted by Crippen LogP contribution is -2.42. The van der Waals surface area contributed by atoms with Gasteiger partial charge in [-0.15, -0.1) is 11.6 Å². The summed E-state index contributed by atoms with van der Waals surface area (Å²) in [4.78, 5) is 26.5. The molecule has 0 unspecified atom stereocenters. The molecule has 1 aliphatic rings. The van der Waals surface area contributed by atoms with Crippen LogP contribution in [0.4, 0.5) is 0 Å². The average Bonchev–Trinajstić information content (AvgIpc) is 2.86. The van der Waals surface area contributed by atoms with Crippen LogP contribution in [-0.4, -0.2) is 41.7 Å². The van der Waals surface area contributed by atoms with E-state index in [0.717, 1.165) is 12.0 Å². The first kappa shape index (κ1) is 20.8. The molecule has 5 heteroatoms. The van der Waals surface area contributed by atoms with Crippen molar-refractivity contribution in [2.45, 2.75) is 53.5 Å². The van der Waals surface area contributed by atoms with Crippen molar-refractivity contribution in [3.05, 3.63) is 34.9 Å². The number of benzene rings is 1. The smallest absolute Gasteiger partial charge is 0.235 e. The fraction of sp³-hybridized carbons (Fsp3) is 0.619. The minimum Gasteiger partial charge on any atom is -0.350 e. The number of hydrogen-bond donors (Lipinski definition) is 1. The number of hydrogen-bond acceptors (Lipinski definition) is 2. The van der Waals surface area contributed by atoms with Crippen LogP contribution in [0.5, 0.6) is 0 Å². The predicted octanol–water partition coefficient (Wildman–Crippen LogP) is 3.46. The van der Waals surface area contributed by atoms with Crippen molar-refractivity contribution < 1.29 is 9.59 Å². The zero-order valence-corrected chi connectivity index (χ0v) is 17.3. The summed E-state index contributed by atoms with van der Waals surface area (Å²) >= 11 is 5.65. The van der Waals surface area contributed by atoms with Gasteiger partial charge in [0.2, 0.25) is 11.8 Å². The van der Waals surface area contributed by atoms with Gasteiger partial charge in [-0.2, -0.15) is 0 Å². The molecule has 1 saturated heterocycles. The minimum absolute atomic E-state index is 0.0244. The molecular formula is C21H31ClN2O2. The van der Waals surface area contributed by atoms with Crippen LogP contribution in [0, 0.1) is 25.2 Å². The summed E-state index contributed by atoms with van der Waals surface area (Å²) < 4.78 is 0. The number of nitrogens with one attached hydrogen (secondary N) is 1. The van der Waals surface area contributed by atoms with Crippen LogP contribution in [0.2, 0.25) is 0 Å². The van der Waals surface area contributed by atoms with Gasteiger partial charge in [0.1, 0.15) is 5.88 Å². The Morgan fingerprint density at radius 2 is 1.77 bits per heavy atom. The second kappa shape index (κ2) is 8.43. The van der Waals surface area contributed by atoms with Crippen molar-refractivity contribution in [2.75, 3.05) is 19.0 Å². The van der Waals surface area contributed by atoms with E-state index in [1.807, 2.05) is 18.7 Å². The molecule has 1 fully saturated rings. The van der Waals surface area contributed by atoms with Crippen molar-refractivity contribution in [3.63, 3.8) is 0 Å². The van der Waals surface area contributed by atoms with E-state index < -0.39 is 0 Å². The molecule has 1 aromatic rings. The van der Waals surface area contributed by atoms with E-state index in [2.05, 4.69) is 44.3 Å². The number of rotatable bonds is 5. The number of nitrogens with zero attached hydrogens (tertiary/aromatic N) is 1. The van der Waals surface area contributed by atoms with E-state index >= 15 is 0 Å². The molecule has 0 saturated carbocycles. The first-order valence-corrected chi connectivity index (χ1v) is 9.81. The average molecular weight is 379 g/mol. The fourth-order valence-electron chi connectivity index (χ4n) is 3.93. The SMILES string of the molecule is Cc1cc(C)cc(CC(=O)N2C[C@@H](CC(C)(C)C)[C@H](NC(=O)CCl)C2)c1. The van der Waals surface area contributed by atoms with Gasteiger partial charge in [-0.1, -0.05) is 50.1 Å². The Labute approximate surface area is 162 Å². The highest BCUT2D eigenvalue weighted by Gasteiger charge is 2.37. The molecule has 26 heavy (non-hydrogen) atoms. The highest BCUT2D eigenvalue weighted by molar-refractivity contribution is 6.27. The van der Waals surface area contributed by atoms with Crippen molar-refractivity contribution in [3.8, 4) is 0 Å². The molecular weight excluding hydrogens is 348 g/mol. The number of aryl methyl sites for hydroxylation is 2. The molecule has 1 N–H and O–H groups in total. The van der Waals surface area contributed by atoms with Crippen LogP contribution in [0.3, 0.4) is 0 Å². The number of halogens is 1. The Morgan fingerprint density at radius 1 is 1.15 bits per heavy atom. The van der Waals surface area contributed by atoms with E-state index in [4.69, 9.17) is 11.6 Å². The van der Waals surface area contributed by atoms with Gasteiger partial charge in [-0.05, 0) is 37.2 Å². The molecule has 1 heterocycles. The molecule has 2 rings (SSSR count). The fourth-order valence-corrected chi connectivity index (χ4v) is 4.01. The third-order valence-corrected chi connectivity index (χ3v) is 5.02. The monoisotopic (exact) mass is 378 g/mol. The lowest BCUT2D eigenvalue weighted by Gasteiger charge is -2.26. The summed E-state index contributed by atoms with van der Waals surface area (Å²) in [6.45, 7) is 11.9. The zero-order chi connectivity index (χ0) is 19.5. The number of likely N-dealkylation sites (tertiary alicyclic amines) is 1. The topological polar surface area (TPSA) is 49.4 Å². The first-order chi connectivity index (χ1) is 12.1. The van der Waals surface area contributed by atoms with Crippen LogP contribution in [0.25, 0.3) is 0 Å². The Bertz CT molecular complexity index is 646. The van der Waals surface area contributed by atoms with Crippen LogP contribution < -0.4 is 5.32 Å². The summed E-state index contributed by atoms with van der Waals surface area (Å²) in [5.74, 6) is 0.163. The van der Waals surface area contributed by atoms with Gasteiger partial charge < -0.3 is 10.2 Å². The molecule has 0 aliphatic carbocycles. The minimum atomic E-state index is -0.167. The Balaban J connectivity index is 2.08. The summed E-state index contributed by atoms with van der Waals surface area (Å²) in [5, 5.41) is 3.00. The third-order valence-electron chi connectivity index (χ3n) is 4.77. The maximum atomic E-state index is 12.8. The second-order valence-corrected chi connectivity index (χ2v) is 9.07. The van der Waals surface area contributed by atoms with Crippen LogP contribution in [0.1, 0.15) is 43.9 Å². The first-order valence-electron chi connectivity index (χ1n) is 9.27. The third kappa shape index (κ3) is 6.01. The molecule has 1 aromatic carbocycles. The van der Waals surface area contributed by atoms with E-state index in [1.165, 1.54) is 11.1 Å². The summed E-state index contributed by atoms with van der Waals surface area (Å²) in [6, 6.07) is 6.23. The summed E-state index contributed by atoms with van der Waals surface area (Å²) in [5.41, 5.74) is 3.54. The lowest BCUT2D eigenvalue weighted by atomic mass is 9.82. The number of amides is 2. The van der Waals surface area contributed by atoms with Crippen molar-refractivity contribution in [1.29, 1.82) is 0 Å². The van der Waals surface area contributed by atoms with Crippen LogP contribution in [0.15, 0.2) is 18.2 Å². The van der Waals surface area contributed by atoms with E-state index in [1.54, 1.807) is 0 Å². The van der Waals surface area contributed by atoms with Crippen LogP contribution >= 0.6 is 11.6 Å². The van der Waals surface area contributed by atoms with Gasteiger partial charge >= 0.3 is 0 Å². The van der Waals surface area contributed by atoms with E-state index in [0.29, 0.717) is 19.5 Å². The Kier molecular flexibility index (Phi) is 6.73. The highest BCUT2D eigenvalue weighted by atomic mass is 35.5. The van der Waals surface area contributed by atoms with E-state index in [-0.39, 0.29) is 35.1 Å². The van der Waals surface area contributed by atoms with Crippen molar-refractivity contribution in [1.82, 2.24) is 10.2 Å². The van der Waals surface area contributed by atoms with Crippen molar-refractivity contribution >= 4 is 23.4 Å². The predicted molar refractivity (Wildman–Crippen MR) is 106 cm³/mol. The normalized spacial score (nSPS) is 20.3. The highest BCUT2D eigenvalue weighted by Crippen LogP contribution is 2.31. The second-order valence-electron chi connectivity index (χ2n) is 8.80. The Hall–Kier alpha value is -1.55. The van der Waals surface area contributed by atoms with Crippen LogP contribution in [-0.2, 0) is 16.0 Å². The molecule has 1 aliphatic heterocycles. The molecule has 4 nitrogen and oxygen atoms in total. The number of alkyl halides is 1. The molecule has 144 valence electrons. The van der Waals surface area contributed by atoms with Gasteiger partial charge in [0.15, 0.2) is 0 Å². The van der Waals surface area contributed by atoms with E-state index in [9.17, 15) is 9.59 Å². The Morgan fingerprint density at radius 3 is 2.31 bits per heavy atom. The molecule has 0 radical (unpaired) electrons. The molecule has 0 spiro atoms. The summed E-state index contributed by atoms with van der Waals surface area (Å²) in [6.07, 6.45) is 1.36. The number of carbonyl (C=O) groups is 2. The van der Waals surface area contributed by atoms with Gasteiger partial charge in [0, 0.05) is 13.1 Å². The van der Waals surface area contributed by atoms with Crippen molar-refractivity contribution in [2.24, 2.45) is 11.3 Å². The quantitative estimate of drug-likeness (QED) is 0.797. The molecule has 2 amide bonds. The molecule has 0 aromatic heterocycles. The van der Waals surface area contributed by atoms with Gasteiger partial charge in [-0.3, -0.25) is 9.59 Å². The maximum Gasteiger partial charge on any atom is 0.235 e. The van der Waals surface area contributed by atoms with Gasteiger partial charge in [0.05, 0.1) is 12.5 Å². The number of carbonyl (C=O) groups excluding carboxylic acids is 2. The zero-order valence-electron chi connectivity index (χ0n) is 16.6. The molecule has 0 bridgehead atoms. The largest absolute Gasteiger partial charge is 0.350 e. The summed E-state index contributed by atoms with van der Waals surface area (Å²) in [7, 11) is 0. The standard InChI is InChI=1S/C21H31ClN2O2/c1-14-6-15(2)8-16(7-14)9-20(26)24-12-17(10-21(3,4)5)18(13-24)23-19(25)11-22/h6-8,17-18H,9-13H2,1-5H3,(H,23,25)/t17-,18-/m1/s1. The molecule has 2 atom stereocenters. The lowest BCUT2D eigenvalue weighted by molar-refractivity contribution is -0.129. The van der Waals surface area contributed by atoms with Gasteiger partial charge in [-0.25, -0.2) is 0 Å². The van der Waals surface area contributed by atoms with Gasteiger partial charge in [0.25, 0.3) is 0 Å².